The maximum absolute atomic E-state index is 13.5. The SMILES string of the molecule is CCOC(=O)C(c1ccccc1)N1C(=O)/C(=C\c2cc(Br)c(OCC(=O)N3CCOCC3)c(OC)c2)SC1=S. The largest absolute Gasteiger partial charge is 0.493 e. The Morgan fingerprint density at radius 1 is 1.21 bits per heavy atom. The Balaban J connectivity index is 1.56. The molecule has 0 bridgehead atoms. The average Bonchev–Trinajstić information content (AvgIpc) is 3.21. The second-order valence-electron chi connectivity index (χ2n) is 8.43. The van der Waals surface area contributed by atoms with E-state index in [9.17, 15) is 14.4 Å². The molecule has 2 amide bonds. The van der Waals surface area contributed by atoms with Gasteiger partial charge in [0, 0.05) is 13.1 Å². The molecule has 206 valence electrons. The molecule has 2 aliphatic rings. The monoisotopic (exact) mass is 634 g/mol. The molecule has 39 heavy (non-hydrogen) atoms. The second kappa shape index (κ2) is 13.4. The van der Waals surface area contributed by atoms with Gasteiger partial charge in [-0.15, -0.1) is 0 Å². The van der Waals surface area contributed by atoms with Crippen LogP contribution in [0, 0.1) is 0 Å². The number of thioether (sulfide) groups is 1. The fourth-order valence-electron chi connectivity index (χ4n) is 4.10. The van der Waals surface area contributed by atoms with Crippen molar-refractivity contribution in [2.45, 2.75) is 13.0 Å². The summed E-state index contributed by atoms with van der Waals surface area (Å²) in [6.45, 7) is 3.80. The van der Waals surface area contributed by atoms with Gasteiger partial charge in [-0.2, -0.15) is 0 Å². The Bertz CT molecular complexity index is 1280. The molecule has 2 fully saturated rings. The van der Waals surface area contributed by atoms with Crippen molar-refractivity contribution in [3.8, 4) is 11.5 Å². The molecule has 2 aromatic rings. The van der Waals surface area contributed by atoms with Gasteiger partial charge in [-0.1, -0.05) is 54.3 Å². The van der Waals surface area contributed by atoms with E-state index < -0.39 is 17.9 Å². The first-order chi connectivity index (χ1) is 18.8. The number of benzene rings is 2. The summed E-state index contributed by atoms with van der Waals surface area (Å²) in [5, 5.41) is 0. The van der Waals surface area contributed by atoms with Gasteiger partial charge in [0.25, 0.3) is 11.8 Å². The van der Waals surface area contributed by atoms with Crippen LogP contribution < -0.4 is 9.47 Å². The van der Waals surface area contributed by atoms with Crippen molar-refractivity contribution < 1.29 is 33.3 Å². The van der Waals surface area contributed by atoms with E-state index in [0.717, 1.165) is 11.8 Å². The Labute approximate surface area is 244 Å². The quantitative estimate of drug-likeness (QED) is 0.228. The van der Waals surface area contributed by atoms with Gasteiger partial charge in [-0.3, -0.25) is 14.5 Å². The number of esters is 1. The van der Waals surface area contributed by atoms with Crippen LogP contribution in [0.3, 0.4) is 0 Å². The molecule has 2 aromatic carbocycles. The fourth-order valence-corrected chi connectivity index (χ4v) is 5.99. The zero-order valence-corrected chi connectivity index (χ0v) is 24.6. The van der Waals surface area contributed by atoms with E-state index in [2.05, 4.69) is 15.9 Å². The standard InChI is InChI=1S/C27H27BrN2O7S2/c1-3-36-26(33)23(18-7-5-4-6-8-18)30-25(32)21(39-27(30)38)15-17-13-19(28)24(20(14-17)34-2)37-16-22(31)29-9-11-35-12-10-29/h4-8,13-15,23H,3,9-12,16H2,1-2H3/b21-15+. The van der Waals surface area contributed by atoms with E-state index in [1.165, 1.54) is 12.0 Å². The fraction of sp³-hybridized carbons (Fsp3) is 0.333. The maximum atomic E-state index is 13.5. The highest BCUT2D eigenvalue weighted by molar-refractivity contribution is 9.10. The number of rotatable bonds is 9. The molecule has 0 saturated carbocycles. The first-order valence-electron chi connectivity index (χ1n) is 12.2. The number of carbonyl (C=O) groups is 3. The van der Waals surface area contributed by atoms with E-state index in [1.54, 1.807) is 54.3 Å². The number of amides is 2. The molecule has 1 unspecified atom stereocenters. The Hall–Kier alpha value is -2.93. The number of carbonyl (C=O) groups excluding carboxylic acids is 3. The molecule has 2 saturated heterocycles. The summed E-state index contributed by atoms with van der Waals surface area (Å²) in [5.74, 6) is -0.350. The van der Waals surface area contributed by atoms with Crippen molar-refractivity contribution in [1.82, 2.24) is 9.80 Å². The Kier molecular flexibility index (Phi) is 10.0. The molecule has 1 atom stereocenters. The molecule has 4 rings (SSSR count). The van der Waals surface area contributed by atoms with Gasteiger partial charge >= 0.3 is 5.97 Å². The first kappa shape index (κ1) is 29.1. The van der Waals surface area contributed by atoms with E-state index in [-0.39, 0.29) is 23.4 Å². The van der Waals surface area contributed by atoms with Crippen LogP contribution in [-0.2, 0) is 23.9 Å². The third-order valence-electron chi connectivity index (χ3n) is 5.96. The molecule has 12 heteroatoms. The molecule has 2 heterocycles. The van der Waals surface area contributed by atoms with Gasteiger partial charge in [0.1, 0.15) is 4.32 Å². The van der Waals surface area contributed by atoms with E-state index >= 15 is 0 Å². The number of nitrogens with zero attached hydrogens (tertiary/aromatic N) is 2. The van der Waals surface area contributed by atoms with Crippen LogP contribution in [0.2, 0.25) is 0 Å². The lowest BCUT2D eigenvalue weighted by atomic mass is 10.1. The molecule has 2 aliphatic heterocycles. The smallest absolute Gasteiger partial charge is 0.333 e. The number of halogens is 1. The summed E-state index contributed by atoms with van der Waals surface area (Å²) in [4.78, 5) is 42.2. The summed E-state index contributed by atoms with van der Waals surface area (Å²) in [5.41, 5.74) is 1.24. The number of methoxy groups -OCH3 is 1. The minimum atomic E-state index is -0.995. The first-order valence-corrected chi connectivity index (χ1v) is 14.2. The molecular weight excluding hydrogens is 608 g/mol. The Morgan fingerprint density at radius 3 is 2.59 bits per heavy atom. The van der Waals surface area contributed by atoms with Gasteiger partial charge in [-0.05, 0) is 52.2 Å². The van der Waals surface area contributed by atoms with Gasteiger partial charge in [0.15, 0.2) is 24.1 Å². The molecule has 0 spiro atoms. The van der Waals surface area contributed by atoms with Crippen LogP contribution in [0.1, 0.15) is 24.1 Å². The topological polar surface area (TPSA) is 94.6 Å². The Morgan fingerprint density at radius 2 is 1.92 bits per heavy atom. The predicted molar refractivity (Wildman–Crippen MR) is 154 cm³/mol. The number of hydrogen-bond donors (Lipinski definition) is 0. The van der Waals surface area contributed by atoms with Crippen molar-refractivity contribution >= 4 is 68.1 Å². The van der Waals surface area contributed by atoms with Crippen molar-refractivity contribution in [3.05, 3.63) is 63.0 Å². The number of morpholine rings is 1. The van der Waals surface area contributed by atoms with Crippen LogP contribution in [0.25, 0.3) is 6.08 Å². The van der Waals surface area contributed by atoms with Crippen LogP contribution in [-0.4, -0.2) is 78.5 Å². The highest BCUT2D eigenvalue weighted by Crippen LogP contribution is 2.41. The molecule has 0 aromatic heterocycles. The minimum Gasteiger partial charge on any atom is -0.493 e. The van der Waals surface area contributed by atoms with Crippen molar-refractivity contribution in [2.24, 2.45) is 0 Å². The van der Waals surface area contributed by atoms with Gasteiger partial charge in [0.05, 0.1) is 36.3 Å². The van der Waals surface area contributed by atoms with Crippen LogP contribution in [0.5, 0.6) is 11.5 Å². The summed E-state index contributed by atoms with van der Waals surface area (Å²) in [6.07, 6.45) is 1.67. The average molecular weight is 636 g/mol. The summed E-state index contributed by atoms with van der Waals surface area (Å²) < 4.78 is 22.7. The van der Waals surface area contributed by atoms with Crippen molar-refractivity contribution in [1.29, 1.82) is 0 Å². The van der Waals surface area contributed by atoms with E-state index in [4.69, 9.17) is 31.2 Å². The molecule has 0 aliphatic carbocycles. The summed E-state index contributed by atoms with van der Waals surface area (Å²) in [6, 6.07) is 11.4. The lowest BCUT2D eigenvalue weighted by Crippen LogP contribution is -2.43. The lowest BCUT2D eigenvalue weighted by Gasteiger charge is -2.27. The summed E-state index contributed by atoms with van der Waals surface area (Å²) in [7, 11) is 1.49. The highest BCUT2D eigenvalue weighted by atomic mass is 79.9. The van der Waals surface area contributed by atoms with Crippen LogP contribution in [0.4, 0.5) is 0 Å². The van der Waals surface area contributed by atoms with Crippen molar-refractivity contribution in [2.75, 3.05) is 46.6 Å². The third kappa shape index (κ3) is 6.81. The van der Waals surface area contributed by atoms with Gasteiger partial charge in [0.2, 0.25) is 0 Å². The van der Waals surface area contributed by atoms with E-state index in [1.807, 2.05) is 6.07 Å². The lowest BCUT2D eigenvalue weighted by molar-refractivity contribution is -0.151. The zero-order valence-electron chi connectivity index (χ0n) is 21.4. The van der Waals surface area contributed by atoms with Crippen molar-refractivity contribution in [3.63, 3.8) is 0 Å². The highest BCUT2D eigenvalue weighted by Gasteiger charge is 2.42. The zero-order chi connectivity index (χ0) is 27.9. The van der Waals surface area contributed by atoms with E-state index in [0.29, 0.717) is 58.3 Å². The molecular formula is C27H27BrN2O7S2. The third-order valence-corrected chi connectivity index (χ3v) is 7.88. The molecule has 0 radical (unpaired) electrons. The minimum absolute atomic E-state index is 0.144. The molecule has 0 N–H and O–H groups in total. The summed E-state index contributed by atoms with van der Waals surface area (Å²) >= 11 is 10.1. The van der Waals surface area contributed by atoms with Crippen LogP contribution in [0.15, 0.2) is 51.8 Å². The number of ether oxygens (including phenoxy) is 4. The van der Waals surface area contributed by atoms with Crippen LogP contribution >= 0.6 is 39.9 Å². The van der Waals surface area contributed by atoms with Gasteiger partial charge in [-0.25, -0.2) is 4.79 Å². The maximum Gasteiger partial charge on any atom is 0.333 e. The number of hydrogen-bond acceptors (Lipinski definition) is 9. The predicted octanol–water partition coefficient (Wildman–Crippen LogP) is 4.20. The number of thiocarbonyl (C=S) groups is 1. The normalized spacial score (nSPS) is 17.4. The second-order valence-corrected chi connectivity index (χ2v) is 11.0. The van der Waals surface area contributed by atoms with Gasteiger partial charge < -0.3 is 23.8 Å². The molecule has 9 nitrogen and oxygen atoms in total.